The van der Waals surface area contributed by atoms with Crippen LogP contribution in [-0.2, 0) is 16.0 Å². The number of H-pyrrole nitrogens is 1. The predicted molar refractivity (Wildman–Crippen MR) is 155 cm³/mol. The number of anilines is 1. The van der Waals surface area contributed by atoms with Crippen LogP contribution in [0.2, 0.25) is 0 Å². The van der Waals surface area contributed by atoms with E-state index >= 15 is 0 Å². The molecule has 2 unspecified atom stereocenters. The molecule has 3 aromatic rings. The normalized spacial score (nSPS) is 16.6. The summed E-state index contributed by atoms with van der Waals surface area (Å²) in [6.45, 7) is 3.97. The first-order valence-corrected chi connectivity index (χ1v) is 13.7. The van der Waals surface area contributed by atoms with E-state index in [4.69, 9.17) is 14.2 Å². The molecule has 1 aliphatic rings. The molecule has 2 atom stereocenters. The number of hydrogen-bond acceptors (Lipinski definition) is 8. The summed E-state index contributed by atoms with van der Waals surface area (Å²) in [5.74, 6) is 0.672. The van der Waals surface area contributed by atoms with Crippen LogP contribution in [0.4, 0.5) is 10.6 Å². The number of benzene rings is 2. The summed E-state index contributed by atoms with van der Waals surface area (Å²) in [5, 5.41) is 23.2. The van der Waals surface area contributed by atoms with Crippen LogP contribution in [0, 0.1) is 0 Å². The highest BCUT2D eigenvalue weighted by molar-refractivity contribution is 5.92. The van der Waals surface area contributed by atoms with E-state index in [9.17, 15) is 14.7 Å². The lowest BCUT2D eigenvalue weighted by molar-refractivity contribution is -0.118. The number of aliphatic imine (C=N–C) groups is 1. The molecule has 0 saturated heterocycles. The minimum absolute atomic E-state index is 0.0155. The Kier molecular flexibility index (Phi) is 10.2. The van der Waals surface area contributed by atoms with E-state index < -0.39 is 12.0 Å². The monoisotopic (exact) mass is 563 g/mol. The third-order valence-corrected chi connectivity index (χ3v) is 6.65. The van der Waals surface area contributed by atoms with Crippen LogP contribution < -0.4 is 20.1 Å². The van der Waals surface area contributed by atoms with Gasteiger partial charge in [-0.15, -0.1) is 0 Å². The van der Waals surface area contributed by atoms with Crippen LogP contribution in [0.5, 0.6) is 17.2 Å². The molecule has 1 saturated carbocycles. The first kappa shape index (κ1) is 29.4. The Bertz CT molecular complexity index is 1340. The first-order chi connectivity index (χ1) is 19.8. The maximum atomic E-state index is 12.7. The molecule has 1 aromatic heterocycles. The number of phenols is 1. The zero-order valence-electron chi connectivity index (χ0n) is 23.6. The third-order valence-electron chi connectivity index (χ3n) is 6.65. The molecule has 4 rings (SSSR count). The molecular weight excluding hydrogens is 526 g/mol. The van der Waals surface area contributed by atoms with E-state index in [1.165, 1.54) is 19.4 Å². The van der Waals surface area contributed by atoms with Gasteiger partial charge in [-0.25, -0.2) is 4.79 Å². The predicted octanol–water partition coefficient (Wildman–Crippen LogP) is 4.57. The molecule has 1 heterocycles. The van der Waals surface area contributed by atoms with Gasteiger partial charge >= 0.3 is 6.09 Å². The van der Waals surface area contributed by atoms with Crippen molar-refractivity contribution in [2.24, 2.45) is 4.99 Å². The molecule has 0 aliphatic heterocycles. The molecule has 41 heavy (non-hydrogen) atoms. The van der Waals surface area contributed by atoms with Crippen molar-refractivity contribution in [1.29, 1.82) is 0 Å². The van der Waals surface area contributed by atoms with E-state index in [0.717, 1.165) is 30.5 Å². The number of nitrogens with one attached hydrogen (secondary N) is 3. The Balaban J connectivity index is 1.30. The van der Waals surface area contributed by atoms with Crippen molar-refractivity contribution in [3.63, 3.8) is 0 Å². The van der Waals surface area contributed by atoms with Crippen molar-refractivity contribution in [3.8, 4) is 17.2 Å². The molecule has 0 radical (unpaired) electrons. The number of aromatic hydroxyl groups is 1. The number of phenolic OH excluding ortho intramolecular Hbond substituents is 1. The van der Waals surface area contributed by atoms with Gasteiger partial charge in [0.2, 0.25) is 0 Å². The molecule has 218 valence electrons. The largest absolute Gasteiger partial charge is 0.507 e. The Morgan fingerprint density at radius 3 is 2.76 bits per heavy atom. The Labute approximate surface area is 239 Å². The summed E-state index contributed by atoms with van der Waals surface area (Å²) in [6, 6.07) is 14.8. The number of carbonyl (C=O) groups excluding carboxylic acids is 2. The lowest BCUT2D eigenvalue weighted by atomic mass is 10.0. The molecule has 1 fully saturated rings. The minimum atomic E-state index is -0.421. The van der Waals surface area contributed by atoms with E-state index in [2.05, 4.69) is 25.8 Å². The van der Waals surface area contributed by atoms with Crippen LogP contribution in [-0.4, -0.2) is 65.9 Å². The summed E-state index contributed by atoms with van der Waals surface area (Å²) in [4.78, 5) is 29.0. The van der Waals surface area contributed by atoms with Gasteiger partial charge in [0.15, 0.2) is 12.4 Å². The second-order valence-corrected chi connectivity index (χ2v) is 10.2. The maximum Gasteiger partial charge on any atom is 0.407 e. The van der Waals surface area contributed by atoms with Gasteiger partial charge in [-0.1, -0.05) is 30.3 Å². The summed E-state index contributed by atoms with van der Waals surface area (Å²) >= 11 is 0. The van der Waals surface area contributed by atoms with Gasteiger partial charge in [0.05, 0.1) is 12.7 Å². The van der Waals surface area contributed by atoms with Gasteiger partial charge in [-0.2, -0.15) is 5.10 Å². The number of ether oxygens (including phenoxy) is 3. The van der Waals surface area contributed by atoms with Gasteiger partial charge in [-0.3, -0.25) is 14.9 Å². The number of rotatable bonds is 12. The summed E-state index contributed by atoms with van der Waals surface area (Å²) in [5.41, 5.74) is 2.38. The topological polar surface area (TPSA) is 147 Å². The Morgan fingerprint density at radius 1 is 1.20 bits per heavy atom. The van der Waals surface area contributed by atoms with Gasteiger partial charge < -0.3 is 30.0 Å². The van der Waals surface area contributed by atoms with Crippen molar-refractivity contribution in [3.05, 3.63) is 65.4 Å². The van der Waals surface area contributed by atoms with E-state index in [1.54, 1.807) is 12.1 Å². The molecule has 2 aromatic carbocycles. The molecule has 4 N–H and O–H groups in total. The quantitative estimate of drug-likeness (QED) is 0.236. The van der Waals surface area contributed by atoms with Crippen LogP contribution in [0.25, 0.3) is 0 Å². The van der Waals surface area contributed by atoms with Crippen molar-refractivity contribution in [2.45, 2.75) is 57.6 Å². The fourth-order valence-electron chi connectivity index (χ4n) is 4.63. The molecular formula is C30H37N5O6. The van der Waals surface area contributed by atoms with E-state index in [-0.39, 0.29) is 36.2 Å². The zero-order valence-corrected chi connectivity index (χ0v) is 23.6. The second-order valence-electron chi connectivity index (χ2n) is 10.2. The Morgan fingerprint density at radius 2 is 2.00 bits per heavy atom. The summed E-state index contributed by atoms with van der Waals surface area (Å²) in [7, 11) is 1.48. The highest BCUT2D eigenvalue weighted by Gasteiger charge is 2.30. The van der Waals surface area contributed by atoms with Crippen molar-refractivity contribution < 1.29 is 28.9 Å². The lowest BCUT2D eigenvalue weighted by Crippen LogP contribution is -2.33. The smallest absolute Gasteiger partial charge is 0.407 e. The number of aromatic amines is 1. The molecule has 1 aliphatic carbocycles. The summed E-state index contributed by atoms with van der Waals surface area (Å²) in [6.07, 6.45) is 4.00. The van der Waals surface area contributed by atoms with Crippen molar-refractivity contribution in [1.82, 2.24) is 15.5 Å². The maximum absolute atomic E-state index is 12.7. The second kappa shape index (κ2) is 14.2. The number of methoxy groups -OCH3 is 1. The fraction of sp³-hybridized carbons (Fsp3) is 0.400. The highest BCUT2D eigenvalue weighted by Crippen LogP contribution is 2.36. The number of aromatic nitrogens is 2. The average molecular weight is 564 g/mol. The Hall–Kier alpha value is -4.54. The van der Waals surface area contributed by atoms with Gasteiger partial charge in [0, 0.05) is 48.6 Å². The number of hydrogen-bond donors (Lipinski definition) is 4. The van der Waals surface area contributed by atoms with E-state index in [1.807, 2.05) is 44.2 Å². The molecule has 0 spiro atoms. The number of nitrogens with zero attached hydrogens (tertiary/aromatic N) is 2. The molecule has 11 heteroatoms. The average Bonchev–Trinajstić information content (AvgIpc) is 3.60. The van der Waals surface area contributed by atoms with Crippen molar-refractivity contribution in [2.75, 3.05) is 25.6 Å². The van der Waals surface area contributed by atoms with E-state index in [0.29, 0.717) is 30.1 Å². The SMILES string of the molecule is COc1cc(O)c(C=NCCc2ccccc2)c(OCC(=O)Nc2cc(C3CCC(OC(=O)NC(C)C)C3)[nH]n2)c1. The zero-order chi connectivity index (χ0) is 29.2. The van der Waals surface area contributed by atoms with Crippen LogP contribution in [0.3, 0.4) is 0 Å². The van der Waals surface area contributed by atoms with Gasteiger partial charge in [0.25, 0.3) is 5.91 Å². The molecule has 11 nitrogen and oxygen atoms in total. The minimum Gasteiger partial charge on any atom is -0.507 e. The summed E-state index contributed by atoms with van der Waals surface area (Å²) < 4.78 is 16.5. The van der Waals surface area contributed by atoms with Crippen LogP contribution >= 0.6 is 0 Å². The van der Waals surface area contributed by atoms with Gasteiger partial charge in [0.1, 0.15) is 23.4 Å². The third kappa shape index (κ3) is 8.72. The fourth-order valence-corrected chi connectivity index (χ4v) is 4.63. The van der Waals surface area contributed by atoms with Gasteiger partial charge in [-0.05, 0) is 45.1 Å². The lowest BCUT2D eigenvalue weighted by Gasteiger charge is -2.14. The highest BCUT2D eigenvalue weighted by atomic mass is 16.6. The van der Waals surface area contributed by atoms with Crippen LogP contribution in [0.15, 0.2) is 53.5 Å². The first-order valence-electron chi connectivity index (χ1n) is 13.7. The number of alkyl carbamates (subject to hydrolysis) is 1. The van der Waals surface area contributed by atoms with Crippen molar-refractivity contribution >= 4 is 24.0 Å². The number of carbonyl (C=O) groups is 2. The molecule has 2 amide bonds. The van der Waals surface area contributed by atoms with Crippen LogP contribution in [0.1, 0.15) is 55.8 Å². The number of amides is 2. The standard InChI is InChI=1S/C30H37N5O6/c1-19(2)32-30(38)41-22-10-9-21(13-22)25-16-28(35-34-25)33-29(37)18-40-27-15-23(39-3)14-26(36)24(27)17-31-12-11-20-7-5-4-6-8-20/h4-8,14-17,19,21-22,36H,9-13,18H2,1-3H3,(H,32,38)(H2,33,34,35,37). The molecule has 0 bridgehead atoms.